The Kier molecular flexibility index (Phi) is 22.6. The van der Waals surface area contributed by atoms with Crippen molar-refractivity contribution < 1.29 is 48.6 Å². The van der Waals surface area contributed by atoms with E-state index < -0.39 is 108 Å². The summed E-state index contributed by atoms with van der Waals surface area (Å²) in [5, 5.41) is 35.3. The lowest BCUT2D eigenvalue weighted by Gasteiger charge is -2.30. The molecule has 362 valence electrons. The first-order chi connectivity index (χ1) is 30.5. The van der Waals surface area contributed by atoms with Gasteiger partial charge < -0.3 is 75.7 Å². The molecule has 1 aromatic carbocycles. The molecule has 0 radical (unpaired) electrons. The number of nitrogens with two attached hydrogens (primary N) is 5. The predicted octanol–water partition coefficient (Wildman–Crippen LogP) is -4.28. The van der Waals surface area contributed by atoms with Gasteiger partial charge in [-0.25, -0.2) is 4.79 Å². The zero-order valence-corrected chi connectivity index (χ0v) is 37.6. The summed E-state index contributed by atoms with van der Waals surface area (Å²) in [7, 11) is 0. The molecule has 1 aromatic rings. The van der Waals surface area contributed by atoms with Crippen molar-refractivity contribution in [3.8, 4) is 0 Å². The standard InChI is InChI=1S/C41H68N14O10/c1-21(2)30(53-33(58)23(4)49-32(57)22(3)50-37(62)31(24(5)56)54-34(59)26(42)14-9-17-47-40(43)44)36(61)52-28(20-25-12-7-6-8-13-25)35(60)51-27(15-10-18-48-41(45)46)38(63)55-19-11-16-29(55)39(64)65/h6-8,12-13,21-24,26-31,56H,9-11,14-20,42H2,1-5H3,(H,49,57)(H,50,62)(H,51,60)(H,52,61)(H,53,58)(H,54,59)(H,64,65)(H4,43,44,47)(H4,45,46,48)/t22-,23-,24+,26-,27-,28-,29-,30-,31-/m0/s1. The number of carbonyl (C=O) groups excluding carboxylic acids is 7. The van der Waals surface area contributed by atoms with Crippen molar-refractivity contribution >= 4 is 59.2 Å². The van der Waals surface area contributed by atoms with E-state index in [0.717, 1.165) is 0 Å². The number of benzene rings is 1. The minimum Gasteiger partial charge on any atom is -0.480 e. The number of aliphatic hydroxyl groups excluding tert-OH is 1. The second kappa shape index (κ2) is 26.9. The lowest BCUT2D eigenvalue weighted by molar-refractivity contribution is -0.149. The van der Waals surface area contributed by atoms with Gasteiger partial charge in [0.1, 0.15) is 42.3 Å². The topological polar surface area (TPSA) is 407 Å². The fourth-order valence-corrected chi connectivity index (χ4v) is 6.74. The number of nitrogens with zero attached hydrogens (tertiary/aromatic N) is 3. The van der Waals surface area contributed by atoms with E-state index in [1.165, 1.54) is 25.7 Å². The van der Waals surface area contributed by atoms with E-state index in [1.807, 2.05) is 0 Å². The van der Waals surface area contributed by atoms with E-state index in [9.17, 15) is 48.6 Å². The van der Waals surface area contributed by atoms with Crippen molar-refractivity contribution in [1.29, 1.82) is 0 Å². The van der Waals surface area contributed by atoms with Crippen LogP contribution in [0, 0.1) is 5.92 Å². The zero-order chi connectivity index (χ0) is 49.0. The maximum absolute atomic E-state index is 14.1. The third kappa shape index (κ3) is 18.6. The smallest absolute Gasteiger partial charge is 0.326 e. The Bertz CT molecular complexity index is 1860. The van der Waals surface area contributed by atoms with Gasteiger partial charge in [0.25, 0.3) is 0 Å². The van der Waals surface area contributed by atoms with Gasteiger partial charge >= 0.3 is 5.97 Å². The fraction of sp³-hybridized carbons (Fsp3) is 0.610. The molecule has 1 aliphatic heterocycles. The maximum Gasteiger partial charge on any atom is 0.326 e. The first-order valence-electron chi connectivity index (χ1n) is 21.5. The monoisotopic (exact) mass is 917 g/mol. The molecule has 18 N–H and O–H groups in total. The van der Waals surface area contributed by atoms with Crippen LogP contribution in [0.5, 0.6) is 0 Å². The minimum absolute atomic E-state index is 0.0310. The highest BCUT2D eigenvalue weighted by molar-refractivity contribution is 5.97. The summed E-state index contributed by atoms with van der Waals surface area (Å²) in [5.74, 6) is -7.39. The number of carbonyl (C=O) groups is 8. The molecule has 0 spiro atoms. The quantitative estimate of drug-likeness (QED) is 0.0238. The third-order valence-electron chi connectivity index (χ3n) is 10.4. The summed E-state index contributed by atoms with van der Waals surface area (Å²) in [6, 6.07) is -1.15. The third-order valence-corrected chi connectivity index (χ3v) is 10.4. The van der Waals surface area contributed by atoms with Crippen LogP contribution in [-0.2, 0) is 44.8 Å². The van der Waals surface area contributed by atoms with Crippen molar-refractivity contribution in [2.45, 2.75) is 134 Å². The molecule has 0 aromatic heterocycles. The van der Waals surface area contributed by atoms with Crippen LogP contribution in [0.4, 0.5) is 0 Å². The number of hydrogen-bond acceptors (Lipinski definition) is 12. The lowest BCUT2D eigenvalue weighted by atomic mass is 10.00. The number of nitrogens with one attached hydrogen (secondary N) is 6. The van der Waals surface area contributed by atoms with Crippen molar-refractivity contribution in [3.63, 3.8) is 0 Å². The molecular formula is C41H68N14O10. The Morgan fingerprint density at radius 2 is 1.18 bits per heavy atom. The molecule has 1 heterocycles. The first-order valence-corrected chi connectivity index (χ1v) is 21.5. The first kappa shape index (κ1) is 54.6. The molecule has 0 bridgehead atoms. The van der Waals surface area contributed by atoms with E-state index in [1.54, 1.807) is 44.2 Å². The summed E-state index contributed by atoms with van der Waals surface area (Å²) in [5.41, 5.74) is 28.0. The average molecular weight is 917 g/mol. The molecule has 0 unspecified atom stereocenters. The normalized spacial score (nSPS) is 17.0. The van der Waals surface area contributed by atoms with E-state index in [2.05, 4.69) is 41.9 Å². The van der Waals surface area contributed by atoms with Gasteiger partial charge in [0, 0.05) is 26.1 Å². The molecule has 65 heavy (non-hydrogen) atoms. The van der Waals surface area contributed by atoms with Crippen LogP contribution >= 0.6 is 0 Å². The highest BCUT2D eigenvalue weighted by Crippen LogP contribution is 2.20. The Hall–Kier alpha value is -6.56. The lowest BCUT2D eigenvalue weighted by Crippen LogP contribution is -2.61. The summed E-state index contributed by atoms with van der Waals surface area (Å²) < 4.78 is 0. The molecule has 1 fully saturated rings. The summed E-state index contributed by atoms with van der Waals surface area (Å²) in [4.78, 5) is 115. The number of carboxylic acid groups (broad SMARTS) is 1. The average Bonchev–Trinajstić information content (AvgIpc) is 3.74. The van der Waals surface area contributed by atoms with Crippen LogP contribution in [0.25, 0.3) is 0 Å². The Balaban J connectivity index is 2.18. The number of rotatable bonds is 26. The SMILES string of the molecule is CC(C)[C@H](NC(=O)[C@H](C)NC(=O)[C@H](C)NC(=O)[C@@H](NC(=O)[C@@H](N)CCCN=C(N)N)[C@@H](C)O)C(=O)N[C@@H](Cc1ccccc1)C(=O)N[C@@H](CCCN=C(N)N)C(=O)N1CCC[C@H]1C(=O)O. The molecule has 2 rings (SSSR count). The summed E-state index contributed by atoms with van der Waals surface area (Å²) >= 11 is 0. The van der Waals surface area contributed by atoms with Gasteiger partial charge in [-0.15, -0.1) is 0 Å². The highest BCUT2D eigenvalue weighted by atomic mass is 16.4. The minimum atomic E-state index is -1.49. The number of aliphatic carboxylic acids is 1. The summed E-state index contributed by atoms with van der Waals surface area (Å²) in [6.07, 6.45) is 0.102. The predicted molar refractivity (Wildman–Crippen MR) is 240 cm³/mol. The second-order valence-electron chi connectivity index (χ2n) is 16.3. The van der Waals surface area contributed by atoms with E-state index >= 15 is 0 Å². The van der Waals surface area contributed by atoms with Gasteiger partial charge in [-0.05, 0) is 70.8 Å². The number of aliphatic imine (C=N–C) groups is 2. The van der Waals surface area contributed by atoms with E-state index in [4.69, 9.17) is 28.7 Å². The van der Waals surface area contributed by atoms with Crippen LogP contribution in [-0.4, -0.2) is 148 Å². The van der Waals surface area contributed by atoms with Gasteiger partial charge in [-0.1, -0.05) is 44.2 Å². The molecule has 24 heteroatoms. The number of aliphatic hydroxyl groups is 1. The van der Waals surface area contributed by atoms with Crippen molar-refractivity contribution in [1.82, 2.24) is 36.8 Å². The molecule has 0 saturated carbocycles. The van der Waals surface area contributed by atoms with Gasteiger partial charge in [-0.3, -0.25) is 43.5 Å². The molecule has 9 atom stereocenters. The van der Waals surface area contributed by atoms with Crippen LogP contribution in [0.2, 0.25) is 0 Å². The van der Waals surface area contributed by atoms with Crippen LogP contribution in [0.1, 0.15) is 78.7 Å². The van der Waals surface area contributed by atoms with Gasteiger partial charge in [0.15, 0.2) is 11.9 Å². The van der Waals surface area contributed by atoms with Crippen molar-refractivity contribution in [3.05, 3.63) is 35.9 Å². The zero-order valence-electron chi connectivity index (χ0n) is 37.6. The largest absolute Gasteiger partial charge is 0.480 e. The van der Waals surface area contributed by atoms with E-state index in [0.29, 0.717) is 18.4 Å². The van der Waals surface area contributed by atoms with Gasteiger partial charge in [-0.2, -0.15) is 0 Å². The van der Waals surface area contributed by atoms with Crippen LogP contribution in [0.3, 0.4) is 0 Å². The van der Waals surface area contributed by atoms with Crippen LogP contribution < -0.4 is 60.6 Å². The van der Waals surface area contributed by atoms with Crippen molar-refractivity contribution in [2.75, 3.05) is 19.6 Å². The number of carboxylic acids is 1. The van der Waals surface area contributed by atoms with Gasteiger partial charge in [0.05, 0.1) is 12.1 Å². The van der Waals surface area contributed by atoms with E-state index in [-0.39, 0.29) is 63.7 Å². The molecule has 1 aliphatic rings. The van der Waals surface area contributed by atoms with Gasteiger partial charge in [0.2, 0.25) is 41.4 Å². The Morgan fingerprint density at radius 3 is 1.72 bits per heavy atom. The molecule has 1 saturated heterocycles. The molecule has 7 amide bonds. The molecule has 24 nitrogen and oxygen atoms in total. The number of hydrogen-bond donors (Lipinski definition) is 13. The van der Waals surface area contributed by atoms with Crippen molar-refractivity contribution in [2.24, 2.45) is 44.6 Å². The maximum atomic E-state index is 14.1. The second-order valence-corrected chi connectivity index (χ2v) is 16.3. The fourth-order valence-electron chi connectivity index (χ4n) is 6.74. The Labute approximate surface area is 378 Å². The molecule has 0 aliphatic carbocycles. The molecular weight excluding hydrogens is 849 g/mol. The number of likely N-dealkylation sites (tertiary alicyclic amines) is 1. The Morgan fingerprint density at radius 1 is 0.677 bits per heavy atom. The number of guanidine groups is 2. The number of amides is 7. The highest BCUT2D eigenvalue weighted by Gasteiger charge is 2.39. The van der Waals surface area contributed by atoms with Crippen LogP contribution in [0.15, 0.2) is 40.3 Å². The summed E-state index contributed by atoms with van der Waals surface area (Å²) in [6.45, 7) is 7.73.